The molecule has 0 aliphatic carbocycles. The highest BCUT2D eigenvalue weighted by atomic mass is 32.2. The number of nitrogens with two attached hydrogens (primary N) is 1. The van der Waals surface area contributed by atoms with Crippen LogP contribution in [0.1, 0.15) is 38.2 Å². The molecular weight excluding hydrogens is 267 g/mol. The summed E-state index contributed by atoms with van der Waals surface area (Å²) in [7, 11) is -3.61. The minimum Gasteiger partial charge on any atom is -0.396 e. The first-order valence-corrected chi connectivity index (χ1v) is 7.92. The molecule has 0 radical (unpaired) electrons. The number of sulfonamides is 1. The van der Waals surface area contributed by atoms with Gasteiger partial charge in [-0.25, -0.2) is 17.5 Å². The highest BCUT2D eigenvalue weighted by Gasteiger charge is 2.18. The molecular formula is C13H21FN2O2S. The van der Waals surface area contributed by atoms with Crippen molar-refractivity contribution in [1.82, 2.24) is 4.72 Å². The minimum absolute atomic E-state index is 0.0434. The summed E-state index contributed by atoms with van der Waals surface area (Å²) in [6.07, 6.45) is 3.97. The molecule has 0 aromatic heterocycles. The van der Waals surface area contributed by atoms with E-state index in [0.29, 0.717) is 12.1 Å². The third-order valence-corrected chi connectivity index (χ3v) is 4.51. The van der Waals surface area contributed by atoms with E-state index >= 15 is 0 Å². The van der Waals surface area contributed by atoms with Crippen LogP contribution in [0, 0.1) is 12.7 Å². The summed E-state index contributed by atoms with van der Waals surface area (Å²) in [5.41, 5.74) is 5.61. The molecule has 0 aliphatic heterocycles. The second-order valence-corrected chi connectivity index (χ2v) is 6.33. The van der Waals surface area contributed by atoms with Gasteiger partial charge in [0, 0.05) is 6.54 Å². The maximum Gasteiger partial charge on any atom is 0.240 e. The second kappa shape index (κ2) is 6.86. The van der Waals surface area contributed by atoms with Crippen LogP contribution in [-0.2, 0) is 10.0 Å². The molecule has 0 heterocycles. The van der Waals surface area contributed by atoms with Gasteiger partial charge >= 0.3 is 0 Å². The van der Waals surface area contributed by atoms with Crippen molar-refractivity contribution in [2.45, 2.75) is 44.4 Å². The average molecular weight is 288 g/mol. The van der Waals surface area contributed by atoms with E-state index in [2.05, 4.69) is 11.6 Å². The lowest BCUT2D eigenvalue weighted by molar-refractivity contribution is 0.572. The fraction of sp³-hybridized carbons (Fsp3) is 0.538. The molecule has 0 saturated carbocycles. The Morgan fingerprint density at radius 1 is 1.26 bits per heavy atom. The normalized spacial score (nSPS) is 11.7. The first-order chi connectivity index (χ1) is 8.88. The van der Waals surface area contributed by atoms with Gasteiger partial charge < -0.3 is 5.73 Å². The monoisotopic (exact) mass is 288 g/mol. The Morgan fingerprint density at radius 3 is 2.58 bits per heavy atom. The fourth-order valence-electron chi connectivity index (χ4n) is 1.79. The number of benzene rings is 1. The first kappa shape index (κ1) is 15.9. The van der Waals surface area contributed by atoms with Gasteiger partial charge in [0.05, 0.1) is 10.6 Å². The SMILES string of the molecule is CCCCCCNS(=O)(=O)c1cc(N)c(F)cc1C. The molecule has 0 bridgehead atoms. The number of unbranched alkanes of at least 4 members (excludes halogenated alkanes) is 3. The number of halogens is 1. The molecule has 1 aromatic carbocycles. The first-order valence-electron chi connectivity index (χ1n) is 6.43. The average Bonchev–Trinajstić information content (AvgIpc) is 2.33. The predicted octanol–water partition coefficient (Wildman–Crippen LogP) is 2.57. The van der Waals surface area contributed by atoms with Crippen LogP contribution in [0.5, 0.6) is 0 Å². The van der Waals surface area contributed by atoms with E-state index in [9.17, 15) is 12.8 Å². The lowest BCUT2D eigenvalue weighted by Gasteiger charge is -2.10. The number of anilines is 1. The Labute approximate surface area is 114 Å². The zero-order valence-corrected chi connectivity index (χ0v) is 12.2. The maximum atomic E-state index is 13.2. The molecule has 1 rings (SSSR count). The number of nitrogen functional groups attached to an aromatic ring is 1. The Morgan fingerprint density at radius 2 is 1.95 bits per heavy atom. The van der Waals surface area contributed by atoms with Crippen LogP contribution < -0.4 is 10.5 Å². The Hall–Kier alpha value is -1.14. The molecule has 0 unspecified atom stereocenters. The standard InChI is InChI=1S/C13H21FN2O2S/c1-3-4-5-6-7-16-19(17,18)13-9-12(15)11(14)8-10(13)2/h8-9,16H,3-7,15H2,1-2H3. The number of rotatable bonds is 7. The van der Waals surface area contributed by atoms with E-state index in [1.165, 1.54) is 6.07 Å². The molecule has 19 heavy (non-hydrogen) atoms. The van der Waals surface area contributed by atoms with Crippen molar-refractivity contribution in [2.75, 3.05) is 12.3 Å². The highest BCUT2D eigenvalue weighted by molar-refractivity contribution is 7.89. The molecule has 4 nitrogen and oxygen atoms in total. The summed E-state index contributed by atoms with van der Waals surface area (Å²) in [4.78, 5) is 0.0434. The number of nitrogens with one attached hydrogen (secondary N) is 1. The highest BCUT2D eigenvalue weighted by Crippen LogP contribution is 2.21. The van der Waals surface area contributed by atoms with Gasteiger partial charge in [-0.15, -0.1) is 0 Å². The number of aryl methyl sites for hydroxylation is 1. The Bertz CT molecular complexity index is 530. The van der Waals surface area contributed by atoms with Crippen molar-refractivity contribution in [3.05, 3.63) is 23.5 Å². The van der Waals surface area contributed by atoms with Crippen molar-refractivity contribution in [1.29, 1.82) is 0 Å². The molecule has 3 N–H and O–H groups in total. The molecule has 0 aliphatic rings. The quantitative estimate of drug-likeness (QED) is 0.598. The van der Waals surface area contributed by atoms with Gasteiger partial charge in [-0.05, 0) is 31.0 Å². The van der Waals surface area contributed by atoms with E-state index in [1.54, 1.807) is 6.92 Å². The molecule has 0 spiro atoms. The zero-order chi connectivity index (χ0) is 14.5. The van der Waals surface area contributed by atoms with Crippen molar-refractivity contribution in [3.8, 4) is 0 Å². The van der Waals surface area contributed by atoms with Crippen molar-refractivity contribution < 1.29 is 12.8 Å². The van der Waals surface area contributed by atoms with Crippen LogP contribution in [0.4, 0.5) is 10.1 Å². The zero-order valence-electron chi connectivity index (χ0n) is 11.4. The third-order valence-electron chi connectivity index (χ3n) is 2.91. The second-order valence-electron chi connectivity index (χ2n) is 4.60. The van der Waals surface area contributed by atoms with Crippen LogP contribution in [0.2, 0.25) is 0 Å². The van der Waals surface area contributed by atoms with Gasteiger partial charge in [-0.2, -0.15) is 0 Å². The van der Waals surface area contributed by atoms with E-state index in [4.69, 9.17) is 5.73 Å². The van der Waals surface area contributed by atoms with E-state index in [1.807, 2.05) is 0 Å². The summed E-state index contributed by atoms with van der Waals surface area (Å²) in [6.45, 7) is 4.03. The van der Waals surface area contributed by atoms with Crippen LogP contribution in [-0.4, -0.2) is 15.0 Å². The van der Waals surface area contributed by atoms with Crippen LogP contribution in [0.25, 0.3) is 0 Å². The minimum atomic E-state index is -3.61. The number of hydrogen-bond donors (Lipinski definition) is 2. The lowest BCUT2D eigenvalue weighted by Crippen LogP contribution is -2.25. The largest absolute Gasteiger partial charge is 0.396 e. The topological polar surface area (TPSA) is 72.2 Å². The Balaban J connectivity index is 2.75. The predicted molar refractivity (Wildman–Crippen MR) is 74.9 cm³/mol. The smallest absolute Gasteiger partial charge is 0.240 e. The van der Waals surface area contributed by atoms with Crippen LogP contribution >= 0.6 is 0 Å². The van der Waals surface area contributed by atoms with Crippen molar-refractivity contribution >= 4 is 15.7 Å². The van der Waals surface area contributed by atoms with E-state index in [0.717, 1.165) is 31.7 Å². The summed E-state index contributed by atoms with van der Waals surface area (Å²) < 4.78 is 39.8. The molecule has 0 amide bonds. The van der Waals surface area contributed by atoms with Gasteiger partial charge in [0.25, 0.3) is 0 Å². The molecule has 0 saturated heterocycles. The summed E-state index contributed by atoms with van der Waals surface area (Å²) >= 11 is 0. The third kappa shape index (κ3) is 4.47. The molecule has 108 valence electrons. The van der Waals surface area contributed by atoms with Gasteiger partial charge in [0.1, 0.15) is 5.82 Å². The summed E-state index contributed by atoms with van der Waals surface area (Å²) in [6, 6.07) is 2.31. The van der Waals surface area contributed by atoms with Gasteiger partial charge in [0.2, 0.25) is 10.0 Å². The van der Waals surface area contributed by atoms with Gasteiger partial charge in [0.15, 0.2) is 0 Å². The molecule has 0 atom stereocenters. The van der Waals surface area contributed by atoms with E-state index < -0.39 is 15.8 Å². The maximum absolute atomic E-state index is 13.2. The molecule has 0 fully saturated rings. The van der Waals surface area contributed by atoms with Gasteiger partial charge in [-0.3, -0.25) is 0 Å². The number of hydrogen-bond acceptors (Lipinski definition) is 3. The van der Waals surface area contributed by atoms with Crippen molar-refractivity contribution in [2.24, 2.45) is 0 Å². The lowest BCUT2D eigenvalue weighted by atomic mass is 10.2. The van der Waals surface area contributed by atoms with Crippen LogP contribution in [0.3, 0.4) is 0 Å². The molecule has 6 heteroatoms. The Kier molecular flexibility index (Phi) is 5.75. The van der Waals surface area contributed by atoms with Crippen molar-refractivity contribution in [3.63, 3.8) is 0 Å². The summed E-state index contributed by atoms with van der Waals surface area (Å²) in [5.74, 6) is -0.598. The van der Waals surface area contributed by atoms with Crippen LogP contribution in [0.15, 0.2) is 17.0 Å². The molecule has 1 aromatic rings. The van der Waals surface area contributed by atoms with E-state index in [-0.39, 0.29) is 10.6 Å². The fourth-order valence-corrected chi connectivity index (χ4v) is 3.13. The van der Waals surface area contributed by atoms with Gasteiger partial charge in [-0.1, -0.05) is 26.2 Å². The summed E-state index contributed by atoms with van der Waals surface area (Å²) in [5, 5.41) is 0.